The summed E-state index contributed by atoms with van der Waals surface area (Å²) in [6.07, 6.45) is 0. The van der Waals surface area contributed by atoms with Gasteiger partial charge in [-0.05, 0) is 43.2 Å². The van der Waals surface area contributed by atoms with E-state index in [0.717, 1.165) is 15.4 Å². The van der Waals surface area contributed by atoms with Crippen molar-refractivity contribution in [2.24, 2.45) is 5.10 Å². The Balaban J connectivity index is 1.88. The highest BCUT2D eigenvalue weighted by molar-refractivity contribution is 7.92. The third-order valence-corrected chi connectivity index (χ3v) is 6.32. The van der Waals surface area contributed by atoms with Gasteiger partial charge in [0.1, 0.15) is 6.54 Å². The summed E-state index contributed by atoms with van der Waals surface area (Å²) in [4.78, 5) is 12.7. The van der Waals surface area contributed by atoms with Gasteiger partial charge in [0.25, 0.3) is 15.9 Å². The van der Waals surface area contributed by atoms with E-state index in [1.165, 1.54) is 12.1 Å². The fourth-order valence-electron chi connectivity index (χ4n) is 2.92. The lowest BCUT2D eigenvalue weighted by molar-refractivity contribution is -0.119. The highest BCUT2D eigenvalue weighted by Crippen LogP contribution is 2.26. The van der Waals surface area contributed by atoms with E-state index >= 15 is 0 Å². The summed E-state index contributed by atoms with van der Waals surface area (Å²) in [5.41, 5.74) is 5.14. The number of nitrogens with one attached hydrogen (secondary N) is 1. The van der Waals surface area contributed by atoms with E-state index in [-0.39, 0.29) is 4.90 Å². The molecule has 6 nitrogen and oxygen atoms in total. The zero-order valence-corrected chi connectivity index (χ0v) is 17.6. The van der Waals surface area contributed by atoms with Crippen molar-refractivity contribution in [1.29, 1.82) is 0 Å². The molecule has 7 heteroatoms. The van der Waals surface area contributed by atoms with Gasteiger partial charge in [0, 0.05) is 0 Å². The minimum absolute atomic E-state index is 0.116. The number of hydrogen-bond donors (Lipinski definition) is 1. The van der Waals surface area contributed by atoms with Crippen LogP contribution in [0.15, 0.2) is 94.9 Å². The number of amides is 1. The van der Waals surface area contributed by atoms with Gasteiger partial charge >= 0.3 is 0 Å². The molecule has 0 saturated carbocycles. The van der Waals surface area contributed by atoms with Gasteiger partial charge in [-0.1, -0.05) is 66.7 Å². The Labute approximate surface area is 176 Å². The van der Waals surface area contributed by atoms with Gasteiger partial charge in [-0.25, -0.2) is 13.8 Å². The number of hydrogen-bond acceptors (Lipinski definition) is 4. The number of sulfonamides is 1. The summed E-state index contributed by atoms with van der Waals surface area (Å²) in [6, 6.07) is 24.5. The second-order valence-corrected chi connectivity index (χ2v) is 8.57. The van der Waals surface area contributed by atoms with Crippen molar-refractivity contribution in [3.8, 4) is 0 Å². The lowest BCUT2D eigenvalue weighted by Gasteiger charge is -2.25. The summed E-state index contributed by atoms with van der Waals surface area (Å²) in [7, 11) is -3.94. The first-order valence-electron chi connectivity index (χ1n) is 9.41. The Hall–Kier alpha value is -3.45. The molecule has 0 radical (unpaired) electrons. The number of rotatable bonds is 7. The van der Waals surface area contributed by atoms with Crippen LogP contribution in [0.2, 0.25) is 0 Å². The first-order valence-corrected chi connectivity index (χ1v) is 10.9. The van der Waals surface area contributed by atoms with Gasteiger partial charge < -0.3 is 0 Å². The number of carbonyl (C=O) groups is 1. The first-order chi connectivity index (χ1) is 14.4. The van der Waals surface area contributed by atoms with Gasteiger partial charge in [0.15, 0.2) is 0 Å². The van der Waals surface area contributed by atoms with Crippen LogP contribution >= 0.6 is 0 Å². The molecule has 0 spiro atoms. The Morgan fingerprint density at radius 1 is 0.900 bits per heavy atom. The third kappa shape index (κ3) is 4.93. The van der Waals surface area contributed by atoms with Gasteiger partial charge in [0.2, 0.25) is 0 Å². The maximum atomic E-state index is 13.3. The van der Waals surface area contributed by atoms with E-state index < -0.39 is 22.5 Å². The highest BCUT2D eigenvalue weighted by Gasteiger charge is 2.28. The van der Waals surface area contributed by atoms with Crippen molar-refractivity contribution >= 4 is 27.3 Å². The summed E-state index contributed by atoms with van der Waals surface area (Å²) >= 11 is 0. The van der Waals surface area contributed by atoms with Crippen molar-refractivity contribution in [3.05, 3.63) is 96.1 Å². The summed E-state index contributed by atoms with van der Waals surface area (Å²) in [5.74, 6) is -0.534. The molecule has 30 heavy (non-hydrogen) atoms. The van der Waals surface area contributed by atoms with Gasteiger partial charge in [0.05, 0.1) is 16.3 Å². The second kappa shape index (κ2) is 9.37. The predicted molar refractivity (Wildman–Crippen MR) is 119 cm³/mol. The normalized spacial score (nSPS) is 11.7. The molecule has 0 saturated heterocycles. The van der Waals surface area contributed by atoms with Crippen molar-refractivity contribution in [2.45, 2.75) is 18.7 Å². The molecule has 3 rings (SSSR count). The number of nitrogens with zero attached hydrogens (tertiary/aromatic N) is 2. The van der Waals surface area contributed by atoms with E-state index in [2.05, 4.69) is 10.5 Å². The zero-order valence-electron chi connectivity index (χ0n) is 16.8. The lowest BCUT2D eigenvalue weighted by atomic mass is 10.1. The molecule has 0 aromatic heterocycles. The Morgan fingerprint density at radius 3 is 2.10 bits per heavy atom. The highest BCUT2D eigenvalue weighted by atomic mass is 32.2. The topological polar surface area (TPSA) is 78.8 Å². The van der Waals surface area contributed by atoms with E-state index in [9.17, 15) is 13.2 Å². The Morgan fingerprint density at radius 2 is 1.47 bits per heavy atom. The van der Waals surface area contributed by atoms with Gasteiger partial charge in [-0.15, -0.1) is 0 Å². The summed E-state index contributed by atoms with van der Waals surface area (Å²) < 4.78 is 27.7. The molecule has 0 unspecified atom stereocenters. The van der Waals surface area contributed by atoms with Crippen molar-refractivity contribution < 1.29 is 13.2 Å². The minimum atomic E-state index is -3.94. The monoisotopic (exact) mass is 421 g/mol. The Kier molecular flexibility index (Phi) is 6.64. The number of benzene rings is 3. The third-order valence-electron chi connectivity index (χ3n) is 4.54. The molecule has 3 aromatic rings. The molecule has 154 valence electrons. The second-order valence-electron chi connectivity index (χ2n) is 6.71. The zero-order chi connectivity index (χ0) is 21.6. The van der Waals surface area contributed by atoms with Crippen LogP contribution in [0.25, 0.3) is 0 Å². The molecular formula is C23H23N3O3S. The number of carbonyl (C=O) groups excluding carboxylic acids is 1. The Bertz CT molecular complexity index is 1140. The molecular weight excluding hydrogens is 398 g/mol. The average Bonchev–Trinajstić information content (AvgIpc) is 2.77. The van der Waals surface area contributed by atoms with Gasteiger partial charge in [-0.2, -0.15) is 5.10 Å². The molecule has 0 aliphatic heterocycles. The number of hydrazone groups is 1. The van der Waals surface area contributed by atoms with Crippen LogP contribution in [-0.4, -0.2) is 26.6 Å². The molecule has 3 aromatic carbocycles. The van der Waals surface area contributed by atoms with Crippen LogP contribution in [0.3, 0.4) is 0 Å². The maximum absolute atomic E-state index is 13.3. The fraction of sp³-hybridized carbons (Fsp3) is 0.130. The predicted octanol–water partition coefficient (Wildman–Crippen LogP) is 3.73. The quantitative estimate of drug-likeness (QED) is 0.466. The van der Waals surface area contributed by atoms with Crippen LogP contribution in [0.1, 0.15) is 18.1 Å². The molecule has 0 aliphatic carbocycles. The SMILES string of the molecule is C/C(=N\NC(=O)CN(c1ccccc1C)S(=O)(=O)c1ccccc1)c1ccccc1. The molecule has 0 aliphatic rings. The summed E-state index contributed by atoms with van der Waals surface area (Å²) in [6.45, 7) is 3.18. The van der Waals surface area contributed by atoms with E-state index in [1.807, 2.05) is 36.4 Å². The lowest BCUT2D eigenvalue weighted by Crippen LogP contribution is -2.40. The standard InChI is InChI=1S/C23H23N3O3S/c1-18-11-9-10-16-22(18)26(30(28,29)21-14-7-4-8-15-21)17-23(27)25-24-19(2)20-12-5-3-6-13-20/h3-16H,17H2,1-2H3,(H,25,27)/b24-19+. The first kappa shape index (κ1) is 21.3. The minimum Gasteiger partial charge on any atom is -0.271 e. The summed E-state index contributed by atoms with van der Waals surface area (Å²) in [5, 5.41) is 4.11. The van der Waals surface area contributed by atoms with Crippen LogP contribution < -0.4 is 9.73 Å². The van der Waals surface area contributed by atoms with Gasteiger partial charge in [-0.3, -0.25) is 9.10 Å². The maximum Gasteiger partial charge on any atom is 0.264 e. The van der Waals surface area contributed by atoms with Crippen molar-refractivity contribution in [2.75, 3.05) is 10.8 Å². The molecule has 1 N–H and O–H groups in total. The molecule has 0 fully saturated rings. The number of aryl methyl sites for hydroxylation is 1. The van der Waals surface area contributed by atoms with E-state index in [0.29, 0.717) is 11.4 Å². The molecule has 0 bridgehead atoms. The largest absolute Gasteiger partial charge is 0.271 e. The van der Waals surface area contributed by atoms with E-state index in [4.69, 9.17) is 0 Å². The fourth-order valence-corrected chi connectivity index (χ4v) is 4.43. The molecule has 1 amide bonds. The number of para-hydroxylation sites is 1. The average molecular weight is 422 g/mol. The van der Waals surface area contributed by atoms with Crippen molar-refractivity contribution in [3.63, 3.8) is 0 Å². The van der Waals surface area contributed by atoms with Crippen LogP contribution in [0.4, 0.5) is 5.69 Å². The van der Waals surface area contributed by atoms with Crippen molar-refractivity contribution in [1.82, 2.24) is 5.43 Å². The van der Waals surface area contributed by atoms with Crippen LogP contribution in [0, 0.1) is 6.92 Å². The van der Waals surface area contributed by atoms with Crippen LogP contribution in [-0.2, 0) is 14.8 Å². The van der Waals surface area contributed by atoms with E-state index in [1.54, 1.807) is 50.2 Å². The molecule has 0 heterocycles. The molecule has 0 atom stereocenters. The smallest absolute Gasteiger partial charge is 0.264 e. The number of anilines is 1. The van der Waals surface area contributed by atoms with Crippen LogP contribution in [0.5, 0.6) is 0 Å².